The molecule has 0 amide bonds. The first-order chi connectivity index (χ1) is 9.92. The van der Waals surface area contributed by atoms with Gasteiger partial charge < -0.3 is 0 Å². The Hall–Kier alpha value is -2.41. The highest BCUT2D eigenvalue weighted by Crippen LogP contribution is 2.19. The minimum Gasteiger partial charge on any atom is -0.261 e. The van der Waals surface area contributed by atoms with E-state index in [1.807, 2.05) is 24.4 Å². The molecule has 0 radical (unpaired) electrons. The fourth-order valence-electron chi connectivity index (χ4n) is 2.31. The Morgan fingerprint density at radius 1 is 0.600 bits per heavy atom. The average Bonchev–Trinajstić information content (AvgIpc) is 2.55. The third-order valence-corrected chi connectivity index (χ3v) is 3.46. The summed E-state index contributed by atoms with van der Waals surface area (Å²) in [5.41, 5.74) is 5.05. The third-order valence-electron chi connectivity index (χ3n) is 3.46. The van der Waals surface area contributed by atoms with Crippen LogP contribution in [0.15, 0.2) is 79.0 Å². The summed E-state index contributed by atoms with van der Waals surface area (Å²) in [5.74, 6) is 0. The van der Waals surface area contributed by atoms with E-state index in [0.29, 0.717) is 0 Å². The Balaban J connectivity index is 1.68. The molecule has 0 N–H and O–H groups in total. The van der Waals surface area contributed by atoms with E-state index in [2.05, 4.69) is 59.6 Å². The zero-order chi connectivity index (χ0) is 13.6. The molecule has 1 heteroatoms. The molecule has 20 heavy (non-hydrogen) atoms. The van der Waals surface area contributed by atoms with Gasteiger partial charge in [0.15, 0.2) is 0 Å². The van der Waals surface area contributed by atoms with Gasteiger partial charge in [0.1, 0.15) is 0 Å². The van der Waals surface area contributed by atoms with Crippen molar-refractivity contribution in [3.05, 3.63) is 90.3 Å². The van der Waals surface area contributed by atoms with Crippen LogP contribution in [0.5, 0.6) is 0 Å². The van der Waals surface area contributed by atoms with Gasteiger partial charge in [-0.2, -0.15) is 0 Å². The Morgan fingerprint density at radius 2 is 1.30 bits per heavy atom. The fourth-order valence-corrected chi connectivity index (χ4v) is 2.31. The van der Waals surface area contributed by atoms with Gasteiger partial charge in [-0.1, -0.05) is 60.7 Å². The number of nitrogens with zero attached hydrogens (tertiary/aromatic N) is 1. The highest BCUT2D eigenvalue weighted by atomic mass is 14.7. The van der Waals surface area contributed by atoms with Crippen LogP contribution in [0.3, 0.4) is 0 Å². The van der Waals surface area contributed by atoms with Crippen LogP contribution >= 0.6 is 0 Å². The van der Waals surface area contributed by atoms with Gasteiger partial charge in [0.05, 0.1) is 0 Å². The molecule has 0 spiro atoms. The molecule has 1 heterocycles. The van der Waals surface area contributed by atoms with Crippen molar-refractivity contribution in [3.8, 4) is 11.1 Å². The summed E-state index contributed by atoms with van der Waals surface area (Å²) < 4.78 is 0. The molecule has 1 nitrogen and oxygen atoms in total. The molecule has 98 valence electrons. The quantitative estimate of drug-likeness (QED) is 0.670. The van der Waals surface area contributed by atoms with Crippen molar-refractivity contribution in [2.24, 2.45) is 0 Å². The summed E-state index contributed by atoms with van der Waals surface area (Å²) in [6, 6.07) is 25.4. The smallest absolute Gasteiger partial charge is 0.0406 e. The summed E-state index contributed by atoms with van der Waals surface area (Å²) >= 11 is 0. The van der Waals surface area contributed by atoms with E-state index in [0.717, 1.165) is 18.5 Å². The highest BCUT2D eigenvalue weighted by molar-refractivity contribution is 5.63. The average molecular weight is 259 g/mol. The van der Waals surface area contributed by atoms with Crippen LogP contribution in [0.2, 0.25) is 0 Å². The molecule has 3 rings (SSSR count). The van der Waals surface area contributed by atoms with E-state index >= 15 is 0 Å². The number of hydrogen-bond donors (Lipinski definition) is 0. The van der Waals surface area contributed by atoms with Crippen molar-refractivity contribution in [1.82, 2.24) is 4.98 Å². The standard InChI is InChI=1S/C19H17N/c1-2-6-17(7-3-1)18-12-9-16(10-13-18)11-14-19-8-4-5-15-20-19/h1-10,12-13,15H,11,14H2. The van der Waals surface area contributed by atoms with Gasteiger partial charge in [-0.25, -0.2) is 0 Å². The number of benzene rings is 2. The molecule has 0 aliphatic carbocycles. The highest BCUT2D eigenvalue weighted by Gasteiger charge is 1.99. The second-order valence-electron chi connectivity index (χ2n) is 4.88. The molecule has 0 aliphatic heterocycles. The van der Waals surface area contributed by atoms with E-state index in [1.165, 1.54) is 16.7 Å². The van der Waals surface area contributed by atoms with Gasteiger partial charge >= 0.3 is 0 Å². The van der Waals surface area contributed by atoms with Crippen LogP contribution in [0.25, 0.3) is 11.1 Å². The molecule has 0 bridgehead atoms. The molecule has 3 aromatic rings. The third kappa shape index (κ3) is 3.12. The molecule has 0 aliphatic rings. The minimum absolute atomic E-state index is 0.992. The summed E-state index contributed by atoms with van der Waals surface area (Å²) in [5, 5.41) is 0. The normalized spacial score (nSPS) is 10.4. The first kappa shape index (κ1) is 12.6. The Labute approximate surface area is 119 Å². The monoisotopic (exact) mass is 259 g/mol. The second-order valence-corrected chi connectivity index (χ2v) is 4.88. The second kappa shape index (κ2) is 6.16. The van der Waals surface area contributed by atoms with Gasteiger partial charge in [0.2, 0.25) is 0 Å². The minimum atomic E-state index is 0.992. The maximum absolute atomic E-state index is 4.36. The first-order valence-electron chi connectivity index (χ1n) is 6.96. The van der Waals surface area contributed by atoms with Crippen LogP contribution in [0.4, 0.5) is 0 Å². The molecular formula is C19H17N. The molecule has 0 unspecified atom stereocenters. The molecule has 0 atom stereocenters. The predicted octanol–water partition coefficient (Wildman–Crippen LogP) is 4.53. The van der Waals surface area contributed by atoms with Crippen molar-refractivity contribution in [3.63, 3.8) is 0 Å². The maximum Gasteiger partial charge on any atom is 0.0406 e. The van der Waals surface area contributed by atoms with E-state index < -0.39 is 0 Å². The number of aromatic nitrogens is 1. The molecule has 0 saturated heterocycles. The zero-order valence-electron chi connectivity index (χ0n) is 11.4. The lowest BCUT2D eigenvalue weighted by Crippen LogP contribution is -1.93. The Kier molecular flexibility index (Phi) is 3.88. The van der Waals surface area contributed by atoms with E-state index in [9.17, 15) is 0 Å². The SMILES string of the molecule is c1ccc(-c2ccc(CCc3ccccn3)cc2)cc1. The van der Waals surface area contributed by atoms with Crippen LogP contribution in [-0.4, -0.2) is 4.98 Å². The lowest BCUT2D eigenvalue weighted by Gasteiger charge is -2.04. The maximum atomic E-state index is 4.36. The van der Waals surface area contributed by atoms with Gasteiger partial charge in [-0.15, -0.1) is 0 Å². The molecule has 0 fully saturated rings. The van der Waals surface area contributed by atoms with E-state index in [-0.39, 0.29) is 0 Å². The van der Waals surface area contributed by atoms with Crippen molar-refractivity contribution in [1.29, 1.82) is 0 Å². The van der Waals surface area contributed by atoms with Gasteiger partial charge in [-0.3, -0.25) is 4.98 Å². The summed E-state index contributed by atoms with van der Waals surface area (Å²) in [7, 11) is 0. The van der Waals surface area contributed by atoms with Crippen molar-refractivity contribution < 1.29 is 0 Å². The van der Waals surface area contributed by atoms with Crippen LogP contribution in [0, 0.1) is 0 Å². The predicted molar refractivity (Wildman–Crippen MR) is 83.5 cm³/mol. The van der Waals surface area contributed by atoms with Crippen molar-refractivity contribution >= 4 is 0 Å². The van der Waals surface area contributed by atoms with Gasteiger partial charge in [0, 0.05) is 11.9 Å². The first-order valence-corrected chi connectivity index (χ1v) is 6.96. The van der Waals surface area contributed by atoms with Gasteiger partial charge in [-0.05, 0) is 41.7 Å². The summed E-state index contributed by atoms with van der Waals surface area (Å²) in [4.78, 5) is 4.36. The van der Waals surface area contributed by atoms with Gasteiger partial charge in [0.25, 0.3) is 0 Å². The van der Waals surface area contributed by atoms with E-state index in [4.69, 9.17) is 0 Å². The molecule has 2 aromatic carbocycles. The number of rotatable bonds is 4. The lowest BCUT2D eigenvalue weighted by atomic mass is 10.0. The number of pyridine rings is 1. The molecule has 1 aromatic heterocycles. The van der Waals surface area contributed by atoms with Crippen molar-refractivity contribution in [2.75, 3.05) is 0 Å². The summed E-state index contributed by atoms with van der Waals surface area (Å²) in [6.45, 7) is 0. The van der Waals surface area contributed by atoms with Crippen LogP contribution in [-0.2, 0) is 12.8 Å². The van der Waals surface area contributed by atoms with Crippen molar-refractivity contribution in [2.45, 2.75) is 12.8 Å². The Bertz CT molecular complexity index is 642. The molecule has 0 saturated carbocycles. The summed E-state index contributed by atoms with van der Waals surface area (Å²) in [6.07, 6.45) is 3.88. The van der Waals surface area contributed by atoms with Crippen LogP contribution < -0.4 is 0 Å². The molecular weight excluding hydrogens is 242 g/mol. The Morgan fingerprint density at radius 3 is 2.00 bits per heavy atom. The number of aryl methyl sites for hydroxylation is 2. The topological polar surface area (TPSA) is 12.9 Å². The largest absolute Gasteiger partial charge is 0.261 e. The fraction of sp³-hybridized carbons (Fsp3) is 0.105. The zero-order valence-corrected chi connectivity index (χ0v) is 11.4. The number of hydrogen-bond acceptors (Lipinski definition) is 1. The van der Waals surface area contributed by atoms with Crippen LogP contribution in [0.1, 0.15) is 11.3 Å². The van der Waals surface area contributed by atoms with E-state index in [1.54, 1.807) is 0 Å². The lowest BCUT2D eigenvalue weighted by molar-refractivity contribution is 0.914.